The maximum absolute atomic E-state index is 11.8. The van der Waals surface area contributed by atoms with Crippen LogP contribution in [0.15, 0.2) is 29.2 Å². The van der Waals surface area contributed by atoms with E-state index in [-0.39, 0.29) is 11.9 Å². The Morgan fingerprint density at radius 2 is 2.10 bits per heavy atom. The summed E-state index contributed by atoms with van der Waals surface area (Å²) < 4.78 is 0. The van der Waals surface area contributed by atoms with E-state index in [2.05, 4.69) is 38.1 Å². The second kappa shape index (κ2) is 7.64. The molecule has 154 valence electrons. The van der Waals surface area contributed by atoms with Crippen molar-refractivity contribution in [1.29, 1.82) is 0 Å². The van der Waals surface area contributed by atoms with Gasteiger partial charge in [-0.25, -0.2) is 19.9 Å². The number of carbonyl (C=O) groups is 1. The summed E-state index contributed by atoms with van der Waals surface area (Å²) >= 11 is 1.55. The van der Waals surface area contributed by atoms with E-state index in [9.17, 15) is 4.79 Å². The van der Waals surface area contributed by atoms with Crippen LogP contribution in [0.1, 0.15) is 29.9 Å². The number of anilines is 2. The van der Waals surface area contributed by atoms with Crippen molar-refractivity contribution in [2.45, 2.75) is 26.3 Å². The molecule has 1 unspecified atom stereocenters. The highest BCUT2D eigenvalue weighted by Crippen LogP contribution is 2.34. The van der Waals surface area contributed by atoms with Crippen molar-refractivity contribution in [2.75, 3.05) is 36.0 Å². The van der Waals surface area contributed by atoms with Gasteiger partial charge in [0.15, 0.2) is 5.82 Å². The highest BCUT2D eigenvalue weighted by atomic mass is 32.1. The number of carbonyl (C=O) groups excluding carboxylic acids is 1. The Morgan fingerprint density at radius 1 is 1.20 bits per heavy atom. The third-order valence-electron chi connectivity index (χ3n) is 5.69. The van der Waals surface area contributed by atoms with Crippen LogP contribution in [0, 0.1) is 6.92 Å². The van der Waals surface area contributed by atoms with E-state index in [0.717, 1.165) is 53.7 Å². The van der Waals surface area contributed by atoms with Crippen molar-refractivity contribution < 1.29 is 4.79 Å². The molecular weight excluding hydrogens is 398 g/mol. The number of thiazole rings is 1. The van der Waals surface area contributed by atoms with Crippen LogP contribution in [-0.2, 0) is 11.2 Å². The number of aromatic nitrogens is 4. The van der Waals surface area contributed by atoms with Gasteiger partial charge in [-0.3, -0.25) is 4.79 Å². The average Bonchev–Trinajstić information content (AvgIpc) is 3.28. The van der Waals surface area contributed by atoms with Gasteiger partial charge in [0, 0.05) is 60.6 Å². The second-order valence-corrected chi connectivity index (χ2v) is 8.40. The molecule has 5 rings (SSSR count). The average molecular weight is 422 g/mol. The van der Waals surface area contributed by atoms with Gasteiger partial charge in [-0.2, -0.15) is 0 Å². The van der Waals surface area contributed by atoms with Gasteiger partial charge in [0.25, 0.3) is 0 Å². The molecule has 30 heavy (non-hydrogen) atoms. The summed E-state index contributed by atoms with van der Waals surface area (Å²) in [4.78, 5) is 34.7. The number of hydrogen-bond donors (Lipinski definition) is 1. The van der Waals surface area contributed by atoms with Gasteiger partial charge < -0.3 is 15.1 Å². The predicted molar refractivity (Wildman–Crippen MR) is 117 cm³/mol. The maximum Gasteiger partial charge on any atom is 0.239 e. The van der Waals surface area contributed by atoms with Crippen LogP contribution in [0.2, 0.25) is 0 Å². The first-order valence-electron chi connectivity index (χ1n) is 10.1. The van der Waals surface area contributed by atoms with Gasteiger partial charge in [0.2, 0.25) is 5.91 Å². The van der Waals surface area contributed by atoms with Crippen LogP contribution in [0.4, 0.5) is 11.5 Å². The Kier molecular flexibility index (Phi) is 4.82. The smallest absolute Gasteiger partial charge is 0.239 e. The molecule has 2 aliphatic heterocycles. The third-order valence-corrected chi connectivity index (χ3v) is 6.28. The zero-order chi connectivity index (χ0) is 20.7. The number of nitrogens with zero attached hydrogens (tertiary/aromatic N) is 6. The fraction of sp³-hybridized carbons (Fsp3) is 0.381. The normalized spacial score (nSPS) is 18.9. The molecule has 3 aromatic heterocycles. The summed E-state index contributed by atoms with van der Waals surface area (Å²) in [5.41, 5.74) is 6.82. The van der Waals surface area contributed by atoms with Crippen molar-refractivity contribution in [3.63, 3.8) is 0 Å². The fourth-order valence-electron chi connectivity index (χ4n) is 4.14. The number of amides is 1. The summed E-state index contributed by atoms with van der Waals surface area (Å²) in [6.07, 6.45) is 2.76. The van der Waals surface area contributed by atoms with Gasteiger partial charge in [-0.1, -0.05) is 0 Å². The van der Waals surface area contributed by atoms with E-state index in [1.54, 1.807) is 16.8 Å². The Hall–Kier alpha value is -3.07. The molecule has 0 bridgehead atoms. The predicted octanol–water partition coefficient (Wildman–Crippen LogP) is 2.36. The Labute approximate surface area is 179 Å². The van der Waals surface area contributed by atoms with Crippen molar-refractivity contribution in [3.05, 3.63) is 46.2 Å². The number of nitrogens with one attached hydrogen (secondary N) is 1. The summed E-state index contributed by atoms with van der Waals surface area (Å²) in [5, 5.41) is 4.85. The largest absolute Gasteiger partial charge is 0.360 e. The Morgan fingerprint density at radius 3 is 2.90 bits per heavy atom. The quantitative estimate of drug-likeness (QED) is 0.695. The van der Waals surface area contributed by atoms with Crippen molar-refractivity contribution >= 4 is 28.7 Å². The second-order valence-electron chi connectivity index (χ2n) is 7.69. The highest BCUT2D eigenvalue weighted by molar-refractivity contribution is 7.07. The molecule has 1 fully saturated rings. The molecule has 1 N–H and O–H groups in total. The number of piperazine rings is 1. The maximum atomic E-state index is 11.8. The molecule has 9 heteroatoms. The van der Waals surface area contributed by atoms with E-state index in [4.69, 9.17) is 9.97 Å². The van der Waals surface area contributed by atoms with Crippen LogP contribution < -0.4 is 15.1 Å². The molecule has 1 amide bonds. The molecule has 0 radical (unpaired) electrons. The number of fused-ring (bicyclic) bond motifs is 1. The van der Waals surface area contributed by atoms with Crippen molar-refractivity contribution in [2.24, 2.45) is 0 Å². The molecule has 1 saturated heterocycles. The van der Waals surface area contributed by atoms with Gasteiger partial charge in [-0.05, 0) is 19.9 Å². The minimum absolute atomic E-state index is 0.0607. The number of rotatable bonds is 3. The molecule has 3 aromatic rings. The molecule has 1 atom stereocenters. The molecule has 5 heterocycles. The molecule has 0 aromatic carbocycles. The summed E-state index contributed by atoms with van der Waals surface area (Å²) in [6.45, 7) is 6.86. The van der Waals surface area contributed by atoms with Gasteiger partial charge in [-0.15, -0.1) is 11.3 Å². The first kappa shape index (κ1) is 18.9. The van der Waals surface area contributed by atoms with Crippen LogP contribution in [0.3, 0.4) is 0 Å². The molecule has 2 aliphatic rings. The van der Waals surface area contributed by atoms with Gasteiger partial charge in [0.1, 0.15) is 11.5 Å². The highest BCUT2D eigenvalue weighted by Gasteiger charge is 2.28. The van der Waals surface area contributed by atoms with Crippen molar-refractivity contribution in [3.8, 4) is 11.5 Å². The van der Waals surface area contributed by atoms with E-state index in [0.29, 0.717) is 18.9 Å². The standard InChI is InChI=1S/C21H23N7OS/c1-13-7-15(27-6-4-22-20(29)10-27)8-19(25-13)28-5-3-17-16(14(28)2)9-23-21(26-17)18-11-30-12-24-18/h7-9,11-12,14H,3-6,10H2,1-2H3,(H,22,29). The summed E-state index contributed by atoms with van der Waals surface area (Å²) in [5.74, 6) is 1.68. The molecule has 0 aliphatic carbocycles. The lowest BCUT2D eigenvalue weighted by atomic mass is 9.99. The first-order valence-corrected chi connectivity index (χ1v) is 11.0. The number of hydrogen-bond acceptors (Lipinski definition) is 8. The molecular formula is C21H23N7OS. The van der Waals surface area contributed by atoms with Crippen LogP contribution >= 0.6 is 11.3 Å². The lowest BCUT2D eigenvalue weighted by molar-refractivity contribution is -0.120. The fourth-order valence-corrected chi connectivity index (χ4v) is 4.68. The Balaban J connectivity index is 1.44. The molecule has 0 saturated carbocycles. The summed E-state index contributed by atoms with van der Waals surface area (Å²) in [7, 11) is 0. The van der Waals surface area contributed by atoms with E-state index < -0.39 is 0 Å². The first-order chi connectivity index (χ1) is 14.6. The van der Waals surface area contributed by atoms with E-state index in [1.807, 2.05) is 24.6 Å². The monoisotopic (exact) mass is 421 g/mol. The van der Waals surface area contributed by atoms with E-state index in [1.165, 1.54) is 0 Å². The van der Waals surface area contributed by atoms with E-state index >= 15 is 0 Å². The topological polar surface area (TPSA) is 87.1 Å². The third kappa shape index (κ3) is 3.49. The minimum atomic E-state index is 0.0607. The lowest BCUT2D eigenvalue weighted by Gasteiger charge is -2.36. The Bertz CT molecular complexity index is 1080. The zero-order valence-electron chi connectivity index (χ0n) is 17.0. The minimum Gasteiger partial charge on any atom is -0.360 e. The van der Waals surface area contributed by atoms with Crippen LogP contribution in [0.25, 0.3) is 11.5 Å². The lowest BCUT2D eigenvalue weighted by Crippen LogP contribution is -2.47. The molecule has 0 spiro atoms. The number of pyridine rings is 1. The zero-order valence-corrected chi connectivity index (χ0v) is 17.8. The van der Waals surface area contributed by atoms with Gasteiger partial charge >= 0.3 is 0 Å². The summed E-state index contributed by atoms with van der Waals surface area (Å²) in [6, 6.07) is 4.26. The molecule has 8 nitrogen and oxygen atoms in total. The van der Waals surface area contributed by atoms with Gasteiger partial charge in [0.05, 0.1) is 23.8 Å². The SMILES string of the molecule is Cc1cc(N2CCNC(=O)C2)cc(N2CCc3nc(-c4cscn4)ncc3C2C)n1. The van der Waals surface area contributed by atoms with Crippen molar-refractivity contribution in [1.82, 2.24) is 25.3 Å². The van der Waals surface area contributed by atoms with Crippen LogP contribution in [0.5, 0.6) is 0 Å². The van der Waals surface area contributed by atoms with Crippen LogP contribution in [-0.4, -0.2) is 52.0 Å². The number of aryl methyl sites for hydroxylation is 1.